The highest BCUT2D eigenvalue weighted by Crippen LogP contribution is 2.26. The normalized spacial score (nSPS) is 20.8. The van der Waals surface area contributed by atoms with Crippen molar-refractivity contribution in [2.24, 2.45) is 0 Å². The van der Waals surface area contributed by atoms with E-state index in [0.29, 0.717) is 11.3 Å². The van der Waals surface area contributed by atoms with Crippen LogP contribution >= 0.6 is 23.4 Å². The van der Waals surface area contributed by atoms with Gasteiger partial charge >= 0.3 is 0 Å². The summed E-state index contributed by atoms with van der Waals surface area (Å²) in [5.41, 5.74) is 0.960. The molecule has 1 saturated heterocycles. The summed E-state index contributed by atoms with van der Waals surface area (Å²) in [6.45, 7) is 2.84. The smallest absolute Gasteiger partial charge is 0.136 e. The van der Waals surface area contributed by atoms with Crippen molar-refractivity contribution >= 4 is 23.4 Å². The van der Waals surface area contributed by atoms with E-state index >= 15 is 0 Å². The van der Waals surface area contributed by atoms with E-state index in [1.165, 1.54) is 12.7 Å². The molecule has 1 atom stereocenters. The maximum atomic E-state index is 5.91. The van der Waals surface area contributed by atoms with E-state index in [2.05, 4.69) is 9.97 Å². The molecule has 0 bridgehead atoms. The Labute approximate surface area is 98.6 Å². The second-order valence-electron chi connectivity index (χ2n) is 3.54. The van der Waals surface area contributed by atoms with Crippen molar-refractivity contribution < 1.29 is 4.74 Å². The third-order valence-corrected chi connectivity index (χ3v) is 4.01. The Morgan fingerprint density at radius 2 is 2.47 bits per heavy atom. The lowest BCUT2D eigenvalue weighted by atomic mass is 10.3. The molecular formula is C10H13ClN2OS. The van der Waals surface area contributed by atoms with Gasteiger partial charge in [-0.25, -0.2) is 9.97 Å². The minimum absolute atomic E-state index is 0.378. The van der Waals surface area contributed by atoms with Gasteiger partial charge in [0, 0.05) is 17.9 Å². The number of aromatic nitrogens is 2. The molecule has 15 heavy (non-hydrogen) atoms. The van der Waals surface area contributed by atoms with Gasteiger partial charge in [-0.15, -0.1) is 11.8 Å². The van der Waals surface area contributed by atoms with Crippen molar-refractivity contribution in [3.05, 3.63) is 17.0 Å². The zero-order valence-corrected chi connectivity index (χ0v) is 10.1. The average Bonchev–Trinajstić information content (AvgIpc) is 2.73. The fourth-order valence-electron chi connectivity index (χ4n) is 1.51. The summed E-state index contributed by atoms with van der Waals surface area (Å²) in [6.07, 6.45) is 4.22. The lowest BCUT2D eigenvalue weighted by molar-refractivity contribution is 0.129. The average molecular weight is 245 g/mol. The van der Waals surface area contributed by atoms with Crippen molar-refractivity contribution in [1.29, 1.82) is 0 Å². The summed E-state index contributed by atoms with van der Waals surface area (Å²) in [4.78, 5) is 8.14. The molecule has 0 N–H and O–H groups in total. The molecule has 2 heterocycles. The summed E-state index contributed by atoms with van der Waals surface area (Å²) in [5, 5.41) is 1.50. The first-order valence-corrected chi connectivity index (χ1v) is 6.35. The highest BCUT2D eigenvalue weighted by Gasteiger charge is 2.16. The van der Waals surface area contributed by atoms with Crippen molar-refractivity contribution in [2.75, 3.05) is 12.4 Å². The van der Waals surface area contributed by atoms with Gasteiger partial charge in [-0.2, -0.15) is 0 Å². The van der Waals surface area contributed by atoms with Crippen LogP contribution in [0.25, 0.3) is 0 Å². The number of ether oxygens (including phenoxy) is 1. The van der Waals surface area contributed by atoms with E-state index in [0.717, 1.165) is 29.4 Å². The molecule has 1 aliphatic rings. The largest absolute Gasteiger partial charge is 0.377 e. The summed E-state index contributed by atoms with van der Waals surface area (Å²) in [6, 6.07) is 0. The Kier molecular flexibility index (Phi) is 3.83. The van der Waals surface area contributed by atoms with Crippen LogP contribution in [0.2, 0.25) is 5.15 Å². The number of halogens is 1. The molecule has 2 rings (SSSR count). The first kappa shape index (κ1) is 11.2. The van der Waals surface area contributed by atoms with E-state index < -0.39 is 0 Å². The first-order valence-electron chi connectivity index (χ1n) is 4.99. The van der Waals surface area contributed by atoms with Crippen LogP contribution in [0.1, 0.15) is 18.4 Å². The topological polar surface area (TPSA) is 35.0 Å². The maximum Gasteiger partial charge on any atom is 0.136 e. The summed E-state index contributed by atoms with van der Waals surface area (Å²) in [7, 11) is 0. The van der Waals surface area contributed by atoms with Crippen LogP contribution in [0.5, 0.6) is 0 Å². The van der Waals surface area contributed by atoms with Crippen molar-refractivity contribution in [2.45, 2.75) is 30.9 Å². The van der Waals surface area contributed by atoms with Gasteiger partial charge < -0.3 is 4.74 Å². The van der Waals surface area contributed by atoms with E-state index in [-0.39, 0.29) is 0 Å². The molecule has 3 nitrogen and oxygen atoms in total. The van der Waals surface area contributed by atoms with Crippen LogP contribution in [0.3, 0.4) is 0 Å². The maximum absolute atomic E-state index is 5.91. The monoisotopic (exact) mass is 244 g/mol. The second kappa shape index (κ2) is 5.14. The van der Waals surface area contributed by atoms with Gasteiger partial charge in [-0.05, 0) is 19.8 Å². The molecule has 0 amide bonds. The quantitative estimate of drug-likeness (QED) is 0.605. The Morgan fingerprint density at radius 1 is 1.60 bits per heavy atom. The SMILES string of the molecule is Cc1c(Cl)ncnc1SCC1CCCO1. The summed E-state index contributed by atoms with van der Waals surface area (Å²) >= 11 is 7.61. The molecule has 0 aliphatic carbocycles. The minimum Gasteiger partial charge on any atom is -0.377 e. The molecule has 82 valence electrons. The molecule has 1 aromatic rings. The third-order valence-electron chi connectivity index (χ3n) is 2.41. The van der Waals surface area contributed by atoms with Gasteiger partial charge in [0.1, 0.15) is 16.5 Å². The highest BCUT2D eigenvalue weighted by molar-refractivity contribution is 7.99. The molecule has 1 aromatic heterocycles. The Hall–Kier alpha value is -0.320. The second-order valence-corrected chi connectivity index (χ2v) is 4.91. The number of hydrogen-bond acceptors (Lipinski definition) is 4. The molecule has 1 fully saturated rings. The highest BCUT2D eigenvalue weighted by atomic mass is 35.5. The molecular weight excluding hydrogens is 232 g/mol. The first-order chi connectivity index (χ1) is 7.27. The molecule has 1 unspecified atom stereocenters. The van der Waals surface area contributed by atoms with Crippen LogP contribution in [0.15, 0.2) is 11.4 Å². The van der Waals surface area contributed by atoms with Crippen LogP contribution in [0.4, 0.5) is 0 Å². The Morgan fingerprint density at radius 3 is 3.20 bits per heavy atom. The fourth-order valence-corrected chi connectivity index (χ4v) is 2.74. The number of hydrogen-bond donors (Lipinski definition) is 0. The van der Waals surface area contributed by atoms with Gasteiger partial charge in [0.25, 0.3) is 0 Å². The van der Waals surface area contributed by atoms with Crippen LogP contribution in [-0.4, -0.2) is 28.4 Å². The molecule has 5 heteroatoms. The summed E-state index contributed by atoms with van der Waals surface area (Å²) < 4.78 is 5.55. The van der Waals surface area contributed by atoms with Gasteiger partial charge in [0.15, 0.2) is 0 Å². The molecule has 0 spiro atoms. The Balaban J connectivity index is 1.95. The summed E-state index contributed by atoms with van der Waals surface area (Å²) in [5.74, 6) is 0.953. The number of thioether (sulfide) groups is 1. The predicted octanol–water partition coefficient (Wildman–Crippen LogP) is 2.71. The van der Waals surface area contributed by atoms with Gasteiger partial charge in [0.2, 0.25) is 0 Å². The van der Waals surface area contributed by atoms with Gasteiger partial charge in [0.05, 0.1) is 6.10 Å². The molecule has 1 aliphatic heterocycles. The van der Waals surface area contributed by atoms with Crippen molar-refractivity contribution in [3.8, 4) is 0 Å². The van der Waals surface area contributed by atoms with Crippen molar-refractivity contribution in [1.82, 2.24) is 9.97 Å². The molecule has 0 aromatic carbocycles. The fraction of sp³-hybridized carbons (Fsp3) is 0.600. The van der Waals surface area contributed by atoms with Crippen LogP contribution < -0.4 is 0 Å². The predicted molar refractivity (Wildman–Crippen MR) is 61.5 cm³/mol. The third kappa shape index (κ3) is 2.83. The lowest BCUT2D eigenvalue weighted by Gasteiger charge is -2.09. The van der Waals surface area contributed by atoms with E-state index in [1.807, 2.05) is 6.92 Å². The number of nitrogens with zero attached hydrogens (tertiary/aromatic N) is 2. The zero-order valence-electron chi connectivity index (χ0n) is 8.57. The number of rotatable bonds is 3. The van der Waals surface area contributed by atoms with Gasteiger partial charge in [-0.3, -0.25) is 0 Å². The van der Waals surface area contributed by atoms with Crippen LogP contribution in [0, 0.1) is 6.92 Å². The van der Waals surface area contributed by atoms with Crippen molar-refractivity contribution in [3.63, 3.8) is 0 Å². The van der Waals surface area contributed by atoms with E-state index in [4.69, 9.17) is 16.3 Å². The van der Waals surface area contributed by atoms with E-state index in [9.17, 15) is 0 Å². The molecule has 0 saturated carbocycles. The lowest BCUT2D eigenvalue weighted by Crippen LogP contribution is -2.08. The zero-order chi connectivity index (χ0) is 10.7. The Bertz CT molecular complexity index is 342. The van der Waals surface area contributed by atoms with Gasteiger partial charge in [-0.1, -0.05) is 11.6 Å². The minimum atomic E-state index is 0.378. The van der Waals surface area contributed by atoms with E-state index in [1.54, 1.807) is 11.8 Å². The standard InChI is InChI=1S/C10H13ClN2OS/c1-7-9(11)12-6-13-10(7)15-5-8-3-2-4-14-8/h6,8H,2-5H2,1H3. The van der Waals surface area contributed by atoms with Crippen LogP contribution in [-0.2, 0) is 4.74 Å². The molecule has 0 radical (unpaired) electrons.